The third-order valence-corrected chi connectivity index (χ3v) is 6.99. The van der Waals surface area contributed by atoms with Crippen LogP contribution in [0.5, 0.6) is 0 Å². The number of furan rings is 1. The lowest BCUT2D eigenvalue weighted by Crippen LogP contribution is -2.38. The minimum Gasteiger partial charge on any atom is -0.468 e. The maximum absolute atomic E-state index is 13.0. The molecule has 1 aromatic carbocycles. The molecule has 2 heterocycles. The molecule has 146 valence electrons. The molecule has 6 nitrogen and oxygen atoms in total. The number of hydrogen-bond donors (Lipinski definition) is 1. The molecule has 2 aromatic rings. The molecule has 1 aliphatic heterocycles. The molecule has 0 unspecified atom stereocenters. The van der Waals surface area contributed by atoms with E-state index in [1.807, 2.05) is 11.2 Å². The first kappa shape index (κ1) is 20.0. The average molecular weight is 409 g/mol. The molecule has 1 fully saturated rings. The summed E-state index contributed by atoms with van der Waals surface area (Å²) in [4.78, 5) is 15.7. The number of piperidine rings is 1. The second-order valence-electron chi connectivity index (χ2n) is 6.74. The van der Waals surface area contributed by atoms with Gasteiger partial charge in [0.1, 0.15) is 5.76 Å². The first-order valence-corrected chi connectivity index (χ1v) is 11.6. The summed E-state index contributed by atoms with van der Waals surface area (Å²) in [5.74, 6) is 1.04. The Morgan fingerprint density at radius 1 is 1.30 bits per heavy atom. The zero-order valence-corrected chi connectivity index (χ0v) is 17.1. The van der Waals surface area contributed by atoms with Crippen molar-refractivity contribution in [2.45, 2.75) is 36.1 Å². The number of hydrogen-bond acceptors (Lipinski definition) is 5. The number of thioether (sulfide) groups is 1. The van der Waals surface area contributed by atoms with E-state index in [2.05, 4.69) is 11.6 Å². The Hall–Kier alpha value is -1.77. The van der Waals surface area contributed by atoms with E-state index in [9.17, 15) is 13.2 Å². The third kappa shape index (κ3) is 4.75. The molecular formula is C19H24N2O4S2. The van der Waals surface area contributed by atoms with Crippen molar-refractivity contribution in [3.8, 4) is 0 Å². The van der Waals surface area contributed by atoms with Crippen molar-refractivity contribution in [3.05, 3.63) is 47.9 Å². The Morgan fingerprint density at radius 3 is 2.67 bits per heavy atom. The van der Waals surface area contributed by atoms with E-state index in [4.69, 9.17) is 4.42 Å². The Balaban J connectivity index is 1.83. The molecule has 0 aliphatic carbocycles. The molecule has 0 bridgehead atoms. The summed E-state index contributed by atoms with van der Waals surface area (Å²) in [6.07, 6.45) is 5.33. The quantitative estimate of drug-likeness (QED) is 0.742. The highest BCUT2D eigenvalue weighted by Gasteiger charge is 2.25. The first-order chi connectivity index (χ1) is 12.9. The minimum atomic E-state index is -3.75. The highest BCUT2D eigenvalue weighted by molar-refractivity contribution is 7.98. The molecular weight excluding hydrogens is 384 g/mol. The van der Waals surface area contributed by atoms with E-state index in [0.29, 0.717) is 30.3 Å². The predicted octanol–water partition coefficient (Wildman–Crippen LogP) is 3.35. The SMILES string of the molecule is CSc1ccc(S(=O)(=O)NCc2ccco2)cc1C(=O)N1CCC(C)CC1. The van der Waals surface area contributed by atoms with Crippen molar-refractivity contribution in [3.63, 3.8) is 0 Å². The lowest BCUT2D eigenvalue weighted by Gasteiger charge is -2.30. The fourth-order valence-electron chi connectivity index (χ4n) is 3.07. The summed E-state index contributed by atoms with van der Waals surface area (Å²) < 4.78 is 32.9. The van der Waals surface area contributed by atoms with Crippen LogP contribution in [0, 0.1) is 5.92 Å². The highest BCUT2D eigenvalue weighted by Crippen LogP contribution is 2.27. The van der Waals surface area contributed by atoms with Gasteiger partial charge in [0.2, 0.25) is 10.0 Å². The van der Waals surface area contributed by atoms with Crippen LogP contribution in [0.25, 0.3) is 0 Å². The fourth-order valence-corrected chi connectivity index (χ4v) is 4.66. The molecule has 3 rings (SSSR count). The van der Waals surface area contributed by atoms with Gasteiger partial charge in [-0.1, -0.05) is 6.92 Å². The topological polar surface area (TPSA) is 79.6 Å². The first-order valence-electron chi connectivity index (χ1n) is 8.90. The average Bonchev–Trinajstić information content (AvgIpc) is 3.20. The van der Waals surface area contributed by atoms with Gasteiger partial charge >= 0.3 is 0 Å². The molecule has 8 heteroatoms. The van der Waals surface area contributed by atoms with Crippen molar-refractivity contribution in [2.75, 3.05) is 19.3 Å². The van der Waals surface area contributed by atoms with Gasteiger partial charge in [-0.05, 0) is 55.3 Å². The van der Waals surface area contributed by atoms with E-state index >= 15 is 0 Å². The number of sulfonamides is 1. The summed E-state index contributed by atoms with van der Waals surface area (Å²) in [5, 5.41) is 0. The van der Waals surface area contributed by atoms with Gasteiger partial charge in [0.25, 0.3) is 5.91 Å². The van der Waals surface area contributed by atoms with Gasteiger partial charge in [-0.3, -0.25) is 4.79 Å². The number of rotatable bonds is 6. The predicted molar refractivity (Wildman–Crippen MR) is 105 cm³/mol. The smallest absolute Gasteiger partial charge is 0.255 e. The lowest BCUT2D eigenvalue weighted by atomic mass is 9.98. The van der Waals surface area contributed by atoms with Crippen LogP contribution < -0.4 is 4.72 Å². The third-order valence-electron chi connectivity index (χ3n) is 4.80. The van der Waals surface area contributed by atoms with Gasteiger partial charge in [-0.2, -0.15) is 0 Å². The van der Waals surface area contributed by atoms with Crippen LogP contribution in [-0.4, -0.2) is 38.6 Å². The van der Waals surface area contributed by atoms with Crippen LogP contribution in [0.2, 0.25) is 0 Å². The van der Waals surface area contributed by atoms with E-state index in [0.717, 1.165) is 17.7 Å². The second kappa shape index (κ2) is 8.50. The van der Waals surface area contributed by atoms with Crippen molar-refractivity contribution in [2.24, 2.45) is 5.92 Å². The maximum Gasteiger partial charge on any atom is 0.255 e. The van der Waals surface area contributed by atoms with Crippen molar-refractivity contribution in [1.29, 1.82) is 0 Å². The molecule has 27 heavy (non-hydrogen) atoms. The highest BCUT2D eigenvalue weighted by atomic mass is 32.2. The zero-order chi connectivity index (χ0) is 19.4. The van der Waals surface area contributed by atoms with Crippen LogP contribution in [0.15, 0.2) is 50.8 Å². The molecule has 0 atom stereocenters. The zero-order valence-electron chi connectivity index (χ0n) is 15.5. The maximum atomic E-state index is 13.0. The Bertz CT molecular complexity index is 886. The summed E-state index contributed by atoms with van der Waals surface area (Å²) in [6, 6.07) is 8.12. The second-order valence-corrected chi connectivity index (χ2v) is 9.36. The Labute approximate surface area is 164 Å². The van der Waals surface area contributed by atoms with Gasteiger partial charge in [0, 0.05) is 18.0 Å². The van der Waals surface area contributed by atoms with Gasteiger partial charge in [0.15, 0.2) is 0 Å². The molecule has 1 aliphatic rings. The van der Waals surface area contributed by atoms with Gasteiger partial charge < -0.3 is 9.32 Å². The minimum absolute atomic E-state index is 0.0624. The van der Waals surface area contributed by atoms with Crippen LogP contribution in [0.4, 0.5) is 0 Å². The van der Waals surface area contributed by atoms with Gasteiger partial charge in [0.05, 0.1) is 23.3 Å². The lowest BCUT2D eigenvalue weighted by molar-refractivity contribution is 0.0693. The summed E-state index contributed by atoms with van der Waals surface area (Å²) in [5.41, 5.74) is 0.443. The van der Waals surface area contributed by atoms with Crippen LogP contribution in [-0.2, 0) is 16.6 Å². The van der Waals surface area contributed by atoms with Gasteiger partial charge in [-0.15, -0.1) is 11.8 Å². The number of benzene rings is 1. The van der Waals surface area contributed by atoms with E-state index in [1.54, 1.807) is 18.2 Å². The summed E-state index contributed by atoms with van der Waals surface area (Å²) in [7, 11) is -3.75. The van der Waals surface area contributed by atoms with Crippen LogP contribution >= 0.6 is 11.8 Å². The van der Waals surface area contributed by atoms with Crippen molar-refractivity contribution < 1.29 is 17.6 Å². The summed E-state index contributed by atoms with van der Waals surface area (Å²) >= 11 is 1.44. The molecule has 1 amide bonds. The van der Waals surface area contributed by atoms with E-state index < -0.39 is 10.0 Å². The van der Waals surface area contributed by atoms with Gasteiger partial charge in [-0.25, -0.2) is 13.1 Å². The number of likely N-dealkylation sites (tertiary alicyclic amines) is 1. The number of carbonyl (C=O) groups excluding carboxylic acids is 1. The summed E-state index contributed by atoms with van der Waals surface area (Å²) in [6.45, 7) is 3.67. The van der Waals surface area contributed by atoms with Crippen LogP contribution in [0.1, 0.15) is 35.9 Å². The molecule has 1 aromatic heterocycles. The molecule has 0 radical (unpaired) electrons. The Kier molecular flexibility index (Phi) is 6.29. The number of nitrogens with zero attached hydrogens (tertiary/aromatic N) is 1. The van der Waals surface area contributed by atoms with Crippen molar-refractivity contribution >= 4 is 27.7 Å². The largest absolute Gasteiger partial charge is 0.468 e. The van der Waals surface area contributed by atoms with E-state index in [1.165, 1.54) is 30.2 Å². The monoisotopic (exact) mass is 408 g/mol. The number of carbonyl (C=O) groups is 1. The van der Waals surface area contributed by atoms with Crippen LogP contribution in [0.3, 0.4) is 0 Å². The Morgan fingerprint density at radius 2 is 2.04 bits per heavy atom. The fraction of sp³-hybridized carbons (Fsp3) is 0.421. The standard InChI is InChI=1S/C19H24N2O4S2/c1-14-7-9-21(10-8-14)19(22)17-12-16(5-6-18(17)26-2)27(23,24)20-13-15-4-3-11-25-15/h3-6,11-12,14,20H,7-10,13H2,1-2H3. The van der Waals surface area contributed by atoms with Crippen molar-refractivity contribution in [1.82, 2.24) is 9.62 Å². The molecule has 0 saturated carbocycles. The number of amides is 1. The van der Waals surface area contributed by atoms with E-state index in [-0.39, 0.29) is 17.3 Å². The molecule has 0 spiro atoms. The molecule has 1 N–H and O–H groups in total. The normalized spacial score (nSPS) is 15.9. The molecule has 1 saturated heterocycles. The number of nitrogens with one attached hydrogen (secondary N) is 1.